The first-order chi connectivity index (χ1) is 13.6. The van der Waals surface area contributed by atoms with Crippen molar-refractivity contribution in [3.63, 3.8) is 0 Å². The van der Waals surface area contributed by atoms with Crippen molar-refractivity contribution in [2.45, 2.75) is 18.6 Å². The van der Waals surface area contributed by atoms with E-state index in [1.807, 2.05) is 23.6 Å². The highest BCUT2D eigenvalue weighted by Crippen LogP contribution is 2.25. The number of halogens is 1. The minimum absolute atomic E-state index is 0.140. The summed E-state index contributed by atoms with van der Waals surface area (Å²) in [5.41, 5.74) is 4.05. The Labute approximate surface area is 171 Å². The SMILES string of the molecule is CCn1c(SCC(=O)NN=Cc2cccc(O)c2)nnc1-c1ccc(Cl)cc1. The second kappa shape index (κ2) is 9.38. The van der Waals surface area contributed by atoms with E-state index < -0.39 is 0 Å². The highest BCUT2D eigenvalue weighted by molar-refractivity contribution is 7.99. The molecule has 0 aliphatic heterocycles. The first-order valence-electron chi connectivity index (χ1n) is 8.49. The minimum atomic E-state index is -0.264. The number of hydrogen-bond donors (Lipinski definition) is 2. The summed E-state index contributed by atoms with van der Waals surface area (Å²) < 4.78 is 1.94. The molecule has 0 saturated carbocycles. The van der Waals surface area contributed by atoms with Crippen LogP contribution >= 0.6 is 23.4 Å². The maximum atomic E-state index is 12.0. The summed E-state index contributed by atoms with van der Waals surface area (Å²) >= 11 is 7.22. The molecule has 1 heterocycles. The molecule has 1 aromatic heterocycles. The number of benzene rings is 2. The monoisotopic (exact) mass is 415 g/mol. The molecule has 0 unspecified atom stereocenters. The van der Waals surface area contributed by atoms with E-state index in [4.69, 9.17) is 11.6 Å². The summed E-state index contributed by atoms with van der Waals surface area (Å²) in [6.07, 6.45) is 1.47. The van der Waals surface area contributed by atoms with Crippen molar-refractivity contribution >= 4 is 35.5 Å². The number of phenolic OH excluding ortho intramolecular Hbond substituents is 1. The third kappa shape index (κ3) is 5.11. The molecule has 0 spiro atoms. The van der Waals surface area contributed by atoms with E-state index >= 15 is 0 Å². The van der Waals surface area contributed by atoms with E-state index in [9.17, 15) is 9.90 Å². The number of hydrogen-bond acceptors (Lipinski definition) is 6. The third-order valence-corrected chi connectivity index (χ3v) is 4.96. The van der Waals surface area contributed by atoms with Gasteiger partial charge in [-0.1, -0.05) is 35.5 Å². The van der Waals surface area contributed by atoms with Crippen LogP contribution in [0.4, 0.5) is 0 Å². The van der Waals surface area contributed by atoms with Crippen LogP contribution in [-0.2, 0) is 11.3 Å². The molecule has 144 valence electrons. The summed E-state index contributed by atoms with van der Waals surface area (Å²) in [6, 6.07) is 14.0. The molecule has 0 saturated heterocycles. The van der Waals surface area contributed by atoms with Crippen molar-refractivity contribution in [3.05, 3.63) is 59.1 Å². The Morgan fingerprint density at radius 3 is 2.79 bits per heavy atom. The van der Waals surface area contributed by atoms with E-state index in [1.165, 1.54) is 18.0 Å². The highest BCUT2D eigenvalue weighted by Gasteiger charge is 2.14. The smallest absolute Gasteiger partial charge is 0.250 e. The first-order valence-corrected chi connectivity index (χ1v) is 9.86. The van der Waals surface area contributed by atoms with Gasteiger partial charge in [-0.05, 0) is 48.9 Å². The van der Waals surface area contributed by atoms with Crippen LogP contribution < -0.4 is 5.43 Å². The second-order valence-electron chi connectivity index (χ2n) is 5.73. The molecule has 0 fully saturated rings. The third-order valence-electron chi connectivity index (χ3n) is 3.74. The summed E-state index contributed by atoms with van der Waals surface area (Å²) in [5.74, 6) is 0.751. The molecular formula is C19H18ClN5O2S. The van der Waals surface area contributed by atoms with Crippen molar-refractivity contribution in [2.75, 3.05) is 5.75 Å². The molecule has 3 aromatic rings. The molecule has 0 aliphatic carbocycles. The summed E-state index contributed by atoms with van der Waals surface area (Å²) in [5, 5.41) is 23.0. The molecule has 0 bridgehead atoms. The normalized spacial score (nSPS) is 11.1. The fourth-order valence-electron chi connectivity index (χ4n) is 2.44. The number of nitrogens with one attached hydrogen (secondary N) is 1. The molecular weight excluding hydrogens is 398 g/mol. The lowest BCUT2D eigenvalue weighted by Crippen LogP contribution is -2.20. The zero-order valence-electron chi connectivity index (χ0n) is 15.0. The number of carbonyl (C=O) groups is 1. The van der Waals surface area contributed by atoms with E-state index in [1.54, 1.807) is 36.4 Å². The number of amides is 1. The number of thioether (sulfide) groups is 1. The minimum Gasteiger partial charge on any atom is -0.508 e. The van der Waals surface area contributed by atoms with Crippen LogP contribution in [0.5, 0.6) is 5.75 Å². The lowest BCUT2D eigenvalue weighted by atomic mass is 10.2. The van der Waals surface area contributed by atoms with Gasteiger partial charge >= 0.3 is 0 Å². The zero-order valence-corrected chi connectivity index (χ0v) is 16.6. The molecule has 7 nitrogen and oxygen atoms in total. The molecule has 2 N–H and O–H groups in total. The molecule has 0 aliphatic rings. The van der Waals surface area contributed by atoms with Crippen LogP contribution in [0.2, 0.25) is 5.02 Å². The Balaban J connectivity index is 1.59. The van der Waals surface area contributed by atoms with Crippen molar-refractivity contribution in [3.8, 4) is 17.1 Å². The second-order valence-corrected chi connectivity index (χ2v) is 7.11. The molecule has 0 radical (unpaired) electrons. The molecule has 1 amide bonds. The van der Waals surface area contributed by atoms with Crippen LogP contribution in [0.15, 0.2) is 58.8 Å². The van der Waals surface area contributed by atoms with Gasteiger partial charge in [0.15, 0.2) is 11.0 Å². The fourth-order valence-corrected chi connectivity index (χ4v) is 3.36. The number of rotatable bonds is 7. The van der Waals surface area contributed by atoms with Gasteiger partial charge in [0.25, 0.3) is 5.91 Å². The standard InChI is InChI=1S/C19H18ClN5O2S/c1-2-25-18(14-6-8-15(20)9-7-14)23-24-19(25)28-12-17(27)22-21-11-13-4-3-5-16(26)10-13/h3-11,26H,2,12H2,1H3,(H,22,27). The van der Waals surface area contributed by atoms with Crippen molar-refractivity contribution < 1.29 is 9.90 Å². The predicted octanol–water partition coefficient (Wildman–Crippen LogP) is 3.57. The van der Waals surface area contributed by atoms with E-state index in [0.717, 1.165) is 11.4 Å². The number of aromatic hydroxyl groups is 1. The number of aromatic nitrogens is 3. The molecule has 0 atom stereocenters. The average Bonchev–Trinajstić information content (AvgIpc) is 3.10. The Morgan fingerprint density at radius 2 is 2.07 bits per heavy atom. The predicted molar refractivity (Wildman–Crippen MR) is 111 cm³/mol. The summed E-state index contributed by atoms with van der Waals surface area (Å²) in [6.45, 7) is 2.66. The van der Waals surface area contributed by atoms with Crippen molar-refractivity contribution in [2.24, 2.45) is 5.10 Å². The van der Waals surface area contributed by atoms with Crippen LogP contribution in [0, 0.1) is 0 Å². The van der Waals surface area contributed by atoms with Gasteiger partial charge in [-0.3, -0.25) is 4.79 Å². The summed E-state index contributed by atoms with van der Waals surface area (Å²) in [7, 11) is 0. The van der Waals surface area contributed by atoms with E-state index in [0.29, 0.717) is 22.3 Å². The van der Waals surface area contributed by atoms with E-state index in [2.05, 4.69) is 20.7 Å². The largest absolute Gasteiger partial charge is 0.508 e. The van der Waals surface area contributed by atoms with Gasteiger partial charge in [0.05, 0.1) is 12.0 Å². The Kier molecular flexibility index (Phi) is 6.67. The Bertz CT molecular complexity index is 988. The first kappa shape index (κ1) is 19.9. The van der Waals surface area contributed by atoms with Crippen LogP contribution in [0.25, 0.3) is 11.4 Å². The quantitative estimate of drug-likeness (QED) is 0.349. The van der Waals surface area contributed by atoms with Crippen molar-refractivity contribution in [1.82, 2.24) is 20.2 Å². The lowest BCUT2D eigenvalue weighted by Gasteiger charge is -2.07. The van der Waals surface area contributed by atoms with Crippen LogP contribution in [0.3, 0.4) is 0 Å². The van der Waals surface area contributed by atoms with Crippen LogP contribution in [-0.4, -0.2) is 37.7 Å². The number of carbonyl (C=O) groups excluding carboxylic acids is 1. The highest BCUT2D eigenvalue weighted by atomic mass is 35.5. The van der Waals surface area contributed by atoms with Gasteiger partial charge in [-0.25, -0.2) is 5.43 Å². The zero-order chi connectivity index (χ0) is 19.9. The van der Waals surface area contributed by atoms with Gasteiger partial charge < -0.3 is 9.67 Å². The summed E-state index contributed by atoms with van der Waals surface area (Å²) in [4.78, 5) is 12.0. The van der Waals surface area contributed by atoms with Crippen LogP contribution in [0.1, 0.15) is 12.5 Å². The number of nitrogens with zero attached hydrogens (tertiary/aromatic N) is 4. The van der Waals surface area contributed by atoms with Crippen molar-refractivity contribution in [1.29, 1.82) is 0 Å². The topological polar surface area (TPSA) is 92.4 Å². The number of hydrazone groups is 1. The molecule has 28 heavy (non-hydrogen) atoms. The van der Waals surface area contributed by atoms with Gasteiger partial charge in [0.1, 0.15) is 5.75 Å². The maximum Gasteiger partial charge on any atom is 0.250 e. The fraction of sp³-hybridized carbons (Fsp3) is 0.158. The van der Waals surface area contributed by atoms with Gasteiger partial charge in [0.2, 0.25) is 0 Å². The lowest BCUT2D eigenvalue weighted by molar-refractivity contribution is -0.118. The number of phenols is 1. The van der Waals surface area contributed by atoms with Gasteiger partial charge in [-0.15, -0.1) is 10.2 Å². The Morgan fingerprint density at radius 1 is 1.29 bits per heavy atom. The van der Waals surface area contributed by atoms with E-state index in [-0.39, 0.29) is 17.4 Å². The molecule has 2 aromatic carbocycles. The maximum absolute atomic E-state index is 12.0. The molecule has 3 rings (SSSR count). The average molecular weight is 416 g/mol. The van der Waals surface area contributed by atoms with Gasteiger partial charge in [0, 0.05) is 17.1 Å². The molecule has 9 heteroatoms. The Hall–Kier alpha value is -2.84. The van der Waals surface area contributed by atoms with Gasteiger partial charge in [-0.2, -0.15) is 5.10 Å².